The lowest BCUT2D eigenvalue weighted by atomic mass is 9.94. The van der Waals surface area contributed by atoms with Gasteiger partial charge in [0.05, 0.1) is 0 Å². The third kappa shape index (κ3) is 3.83. The first kappa shape index (κ1) is 11.6. The summed E-state index contributed by atoms with van der Waals surface area (Å²) < 4.78 is 0. The molecule has 3 nitrogen and oxygen atoms in total. The van der Waals surface area contributed by atoms with Crippen molar-refractivity contribution in [1.29, 1.82) is 0 Å². The summed E-state index contributed by atoms with van der Waals surface area (Å²) in [6.07, 6.45) is 3.71. The van der Waals surface area contributed by atoms with Gasteiger partial charge in [0, 0.05) is 26.0 Å². The van der Waals surface area contributed by atoms with E-state index in [-0.39, 0.29) is 0 Å². The summed E-state index contributed by atoms with van der Waals surface area (Å²) in [4.78, 5) is 13.0. The molecule has 1 N–H and O–H groups in total. The number of Topliss-reactive ketones (excluding diaryl/α,β-unsaturated/α-hetero) is 1. The Balaban J connectivity index is 0.000000561. The van der Waals surface area contributed by atoms with Crippen LogP contribution in [0.5, 0.6) is 0 Å². The topological polar surface area (TPSA) is 40.5 Å². The minimum absolute atomic E-state index is 0.443. The van der Waals surface area contributed by atoms with Crippen molar-refractivity contribution in [1.82, 2.24) is 4.90 Å². The molecular weight excluding hydrogens is 154 g/mol. The molecular formula is C9H19NO2. The summed E-state index contributed by atoms with van der Waals surface area (Å²) in [5.74, 6) is 0.443. The zero-order valence-electron chi connectivity index (χ0n) is 8.21. The Labute approximate surface area is 74.4 Å². The zero-order valence-corrected chi connectivity index (χ0v) is 8.21. The third-order valence-electron chi connectivity index (χ3n) is 2.24. The van der Waals surface area contributed by atoms with Crippen LogP contribution < -0.4 is 0 Å². The van der Waals surface area contributed by atoms with E-state index in [1.807, 2.05) is 0 Å². The van der Waals surface area contributed by atoms with Gasteiger partial charge in [-0.1, -0.05) is 0 Å². The molecule has 0 aromatic heterocycles. The second kappa shape index (κ2) is 6.14. The second-order valence-electron chi connectivity index (χ2n) is 3.23. The fourth-order valence-electron chi connectivity index (χ4n) is 1.44. The quantitative estimate of drug-likeness (QED) is 0.633. The van der Waals surface area contributed by atoms with Gasteiger partial charge in [-0.25, -0.2) is 0 Å². The fraction of sp³-hybridized carbons (Fsp3) is 0.889. The Morgan fingerprint density at radius 1 is 1.25 bits per heavy atom. The molecule has 3 heteroatoms. The highest BCUT2D eigenvalue weighted by atomic mass is 16.2. The number of hydrogen-bond acceptors (Lipinski definition) is 3. The number of carbonyl (C=O) groups excluding carboxylic acids is 1. The van der Waals surface area contributed by atoms with Crippen LogP contribution in [0.1, 0.15) is 25.7 Å². The van der Waals surface area contributed by atoms with E-state index in [0.717, 1.165) is 32.8 Å². The number of ketones is 1. The molecule has 0 bridgehead atoms. The van der Waals surface area contributed by atoms with E-state index in [1.54, 1.807) is 0 Å². The molecule has 1 aliphatic carbocycles. The standard InChI is InChI=1S/C8H15NO.CH4O/c1-9(2)7-3-5-8(10)6-4-7;1-2/h7H,3-6H2,1-2H3;2H,1H3. The predicted molar refractivity (Wildman–Crippen MR) is 49.1 cm³/mol. The summed E-state index contributed by atoms with van der Waals surface area (Å²) in [5.41, 5.74) is 0. The Kier molecular flexibility index (Phi) is 5.93. The zero-order chi connectivity index (χ0) is 9.56. The Morgan fingerprint density at radius 3 is 2.00 bits per heavy atom. The summed E-state index contributed by atoms with van der Waals surface area (Å²) >= 11 is 0. The van der Waals surface area contributed by atoms with E-state index >= 15 is 0 Å². The van der Waals surface area contributed by atoms with E-state index in [1.165, 1.54) is 0 Å². The van der Waals surface area contributed by atoms with Gasteiger partial charge in [0.15, 0.2) is 0 Å². The number of rotatable bonds is 1. The molecule has 1 fully saturated rings. The molecule has 0 aliphatic heterocycles. The van der Waals surface area contributed by atoms with Crippen molar-refractivity contribution in [3.8, 4) is 0 Å². The molecule has 0 atom stereocenters. The van der Waals surface area contributed by atoms with E-state index in [4.69, 9.17) is 5.11 Å². The van der Waals surface area contributed by atoms with Gasteiger partial charge in [-0.05, 0) is 26.9 Å². The molecule has 0 amide bonds. The number of hydrogen-bond donors (Lipinski definition) is 1. The summed E-state index contributed by atoms with van der Waals surface area (Å²) in [6.45, 7) is 0. The Morgan fingerprint density at radius 2 is 1.67 bits per heavy atom. The minimum Gasteiger partial charge on any atom is -0.400 e. The lowest BCUT2D eigenvalue weighted by Gasteiger charge is -2.26. The molecule has 0 spiro atoms. The Bertz CT molecular complexity index is 124. The van der Waals surface area contributed by atoms with Crippen molar-refractivity contribution in [2.24, 2.45) is 0 Å². The smallest absolute Gasteiger partial charge is 0.133 e. The normalized spacial score (nSPS) is 18.9. The van der Waals surface area contributed by atoms with Gasteiger partial charge in [-0.3, -0.25) is 4.79 Å². The molecule has 1 aliphatic rings. The fourth-order valence-corrected chi connectivity index (χ4v) is 1.44. The summed E-state index contributed by atoms with van der Waals surface area (Å²) in [6, 6.07) is 0.651. The van der Waals surface area contributed by atoms with Crippen LogP contribution in [-0.2, 0) is 4.79 Å². The van der Waals surface area contributed by atoms with E-state index in [9.17, 15) is 4.79 Å². The lowest BCUT2D eigenvalue weighted by Crippen LogP contribution is -2.32. The number of aliphatic hydroxyl groups excluding tert-OH is 1. The maximum atomic E-state index is 10.8. The van der Waals surface area contributed by atoms with Crippen molar-refractivity contribution in [2.45, 2.75) is 31.7 Å². The maximum absolute atomic E-state index is 10.8. The van der Waals surface area contributed by atoms with Crippen molar-refractivity contribution < 1.29 is 9.90 Å². The van der Waals surface area contributed by atoms with Crippen molar-refractivity contribution in [2.75, 3.05) is 21.2 Å². The summed E-state index contributed by atoms with van der Waals surface area (Å²) in [7, 11) is 5.17. The SMILES string of the molecule is CN(C)C1CCC(=O)CC1.CO. The Hall–Kier alpha value is -0.410. The molecule has 1 rings (SSSR count). The van der Waals surface area contributed by atoms with Gasteiger partial charge in [-0.2, -0.15) is 0 Å². The molecule has 72 valence electrons. The van der Waals surface area contributed by atoms with Crippen molar-refractivity contribution in [3.05, 3.63) is 0 Å². The molecule has 0 radical (unpaired) electrons. The molecule has 0 aromatic carbocycles. The summed E-state index contributed by atoms with van der Waals surface area (Å²) in [5, 5.41) is 7.00. The average Bonchev–Trinajstić information content (AvgIpc) is 2.09. The highest BCUT2D eigenvalue weighted by Gasteiger charge is 2.19. The van der Waals surface area contributed by atoms with E-state index in [2.05, 4.69) is 19.0 Å². The molecule has 1 saturated carbocycles. The van der Waals surface area contributed by atoms with Crippen LogP contribution in [0.25, 0.3) is 0 Å². The molecule has 0 aromatic rings. The van der Waals surface area contributed by atoms with Gasteiger partial charge in [0.25, 0.3) is 0 Å². The lowest BCUT2D eigenvalue weighted by molar-refractivity contribution is -0.121. The van der Waals surface area contributed by atoms with Gasteiger partial charge < -0.3 is 10.0 Å². The van der Waals surface area contributed by atoms with Crippen LogP contribution in [0.15, 0.2) is 0 Å². The molecule has 0 heterocycles. The number of carbonyl (C=O) groups is 1. The average molecular weight is 173 g/mol. The first-order chi connectivity index (χ1) is 5.70. The molecule has 0 saturated heterocycles. The highest BCUT2D eigenvalue weighted by Crippen LogP contribution is 2.17. The molecule has 12 heavy (non-hydrogen) atoms. The van der Waals surface area contributed by atoms with Crippen LogP contribution in [0.4, 0.5) is 0 Å². The van der Waals surface area contributed by atoms with Crippen LogP contribution in [0.2, 0.25) is 0 Å². The number of aliphatic hydroxyl groups is 1. The predicted octanol–water partition coefficient (Wildman–Crippen LogP) is 0.668. The molecule has 0 unspecified atom stereocenters. The van der Waals surface area contributed by atoms with Crippen molar-refractivity contribution in [3.63, 3.8) is 0 Å². The highest BCUT2D eigenvalue weighted by molar-refractivity contribution is 5.79. The van der Waals surface area contributed by atoms with E-state index in [0.29, 0.717) is 11.8 Å². The van der Waals surface area contributed by atoms with Crippen LogP contribution in [-0.4, -0.2) is 43.0 Å². The third-order valence-corrected chi connectivity index (χ3v) is 2.24. The van der Waals surface area contributed by atoms with Crippen LogP contribution in [0.3, 0.4) is 0 Å². The largest absolute Gasteiger partial charge is 0.400 e. The first-order valence-electron chi connectivity index (χ1n) is 4.33. The van der Waals surface area contributed by atoms with Crippen LogP contribution >= 0.6 is 0 Å². The minimum atomic E-state index is 0.443. The van der Waals surface area contributed by atoms with Gasteiger partial charge in [-0.15, -0.1) is 0 Å². The van der Waals surface area contributed by atoms with Gasteiger partial charge in [0.2, 0.25) is 0 Å². The van der Waals surface area contributed by atoms with E-state index < -0.39 is 0 Å². The first-order valence-corrected chi connectivity index (χ1v) is 4.33. The second-order valence-corrected chi connectivity index (χ2v) is 3.23. The maximum Gasteiger partial charge on any atom is 0.133 e. The van der Waals surface area contributed by atoms with Gasteiger partial charge >= 0.3 is 0 Å². The van der Waals surface area contributed by atoms with Crippen LogP contribution in [0, 0.1) is 0 Å². The number of nitrogens with zero attached hydrogens (tertiary/aromatic N) is 1. The monoisotopic (exact) mass is 173 g/mol. The van der Waals surface area contributed by atoms with Crippen molar-refractivity contribution >= 4 is 5.78 Å². The van der Waals surface area contributed by atoms with Gasteiger partial charge in [0.1, 0.15) is 5.78 Å².